The number of carbonyl (C=O) groups excluding carboxylic acids is 2. The average molecular weight is 455 g/mol. The molecule has 0 radical (unpaired) electrons. The van der Waals surface area contributed by atoms with Crippen LogP contribution in [0.2, 0.25) is 15.1 Å². The fourth-order valence-electron chi connectivity index (χ4n) is 3.31. The van der Waals surface area contributed by atoms with Crippen molar-refractivity contribution in [3.63, 3.8) is 0 Å². The number of hydrogen-bond acceptors (Lipinski definition) is 2. The Morgan fingerprint density at radius 3 is 2.17 bits per heavy atom. The van der Waals surface area contributed by atoms with Gasteiger partial charge in [-0.3, -0.25) is 4.79 Å². The van der Waals surface area contributed by atoms with Gasteiger partial charge < -0.3 is 16.0 Å². The van der Waals surface area contributed by atoms with Crippen LogP contribution in [0, 0.1) is 0 Å². The van der Waals surface area contributed by atoms with Crippen LogP contribution < -0.4 is 16.0 Å². The first kappa shape index (κ1) is 21.8. The van der Waals surface area contributed by atoms with Gasteiger partial charge in [0.2, 0.25) is 0 Å². The number of amides is 3. The quantitative estimate of drug-likeness (QED) is 0.447. The second-order valence-electron chi connectivity index (χ2n) is 7.06. The highest BCUT2D eigenvalue weighted by Gasteiger charge is 2.17. The van der Waals surface area contributed by atoms with Crippen molar-refractivity contribution < 1.29 is 9.59 Å². The van der Waals surface area contributed by atoms with Crippen molar-refractivity contribution in [1.82, 2.24) is 5.32 Å². The summed E-state index contributed by atoms with van der Waals surface area (Å²) >= 11 is 18.0. The highest BCUT2D eigenvalue weighted by molar-refractivity contribution is 6.42. The number of anilines is 2. The molecule has 0 heterocycles. The molecular formula is C21H22Cl3N3O2. The number of rotatable bonds is 4. The topological polar surface area (TPSA) is 70.2 Å². The molecular weight excluding hydrogens is 433 g/mol. The van der Waals surface area contributed by atoms with Crippen molar-refractivity contribution in [2.75, 3.05) is 10.6 Å². The maximum Gasteiger partial charge on any atom is 0.323 e. The molecule has 0 aliphatic heterocycles. The van der Waals surface area contributed by atoms with Gasteiger partial charge in [-0.05, 0) is 49.2 Å². The van der Waals surface area contributed by atoms with Crippen LogP contribution in [0.15, 0.2) is 36.4 Å². The molecule has 0 spiro atoms. The van der Waals surface area contributed by atoms with Crippen LogP contribution in [0.5, 0.6) is 0 Å². The monoisotopic (exact) mass is 453 g/mol. The molecule has 29 heavy (non-hydrogen) atoms. The first-order chi connectivity index (χ1) is 13.9. The predicted octanol–water partition coefficient (Wildman–Crippen LogP) is 6.74. The Kier molecular flexibility index (Phi) is 7.64. The molecule has 1 aliphatic rings. The molecule has 1 fully saturated rings. The van der Waals surface area contributed by atoms with E-state index in [4.69, 9.17) is 34.8 Å². The highest BCUT2D eigenvalue weighted by atomic mass is 35.5. The van der Waals surface area contributed by atoms with Crippen LogP contribution in [0.1, 0.15) is 48.9 Å². The second-order valence-corrected chi connectivity index (χ2v) is 8.29. The van der Waals surface area contributed by atoms with Crippen LogP contribution in [0.4, 0.5) is 16.2 Å². The Morgan fingerprint density at radius 2 is 1.48 bits per heavy atom. The normalized spacial score (nSPS) is 14.7. The molecule has 5 nitrogen and oxygen atoms in total. The van der Waals surface area contributed by atoms with Gasteiger partial charge >= 0.3 is 6.03 Å². The number of halogens is 3. The van der Waals surface area contributed by atoms with E-state index in [0.29, 0.717) is 32.0 Å². The van der Waals surface area contributed by atoms with E-state index in [9.17, 15) is 9.59 Å². The van der Waals surface area contributed by atoms with Crippen molar-refractivity contribution in [2.45, 2.75) is 44.6 Å². The molecule has 0 saturated heterocycles. The van der Waals surface area contributed by atoms with Crippen LogP contribution >= 0.6 is 34.8 Å². The zero-order valence-corrected chi connectivity index (χ0v) is 18.0. The summed E-state index contributed by atoms with van der Waals surface area (Å²) in [6.45, 7) is 0. The van der Waals surface area contributed by atoms with E-state index < -0.39 is 6.03 Å². The highest BCUT2D eigenvalue weighted by Crippen LogP contribution is 2.26. The number of urea groups is 1. The summed E-state index contributed by atoms with van der Waals surface area (Å²) in [6, 6.07) is 9.26. The summed E-state index contributed by atoms with van der Waals surface area (Å²) in [7, 11) is 0. The SMILES string of the molecule is O=C(Nc1ccc(Cl)c(Cl)c1)Nc1cc(C(=O)NC2CCCCCC2)ccc1Cl. The molecule has 3 amide bonds. The lowest BCUT2D eigenvalue weighted by Gasteiger charge is -2.17. The van der Waals surface area contributed by atoms with Gasteiger partial charge in [0, 0.05) is 17.3 Å². The maximum atomic E-state index is 12.6. The van der Waals surface area contributed by atoms with Gasteiger partial charge in [-0.15, -0.1) is 0 Å². The molecule has 3 N–H and O–H groups in total. The van der Waals surface area contributed by atoms with Crippen LogP contribution in [-0.4, -0.2) is 18.0 Å². The third-order valence-corrected chi connectivity index (χ3v) is 5.91. The fourth-order valence-corrected chi connectivity index (χ4v) is 3.78. The van der Waals surface area contributed by atoms with Crippen molar-refractivity contribution in [1.29, 1.82) is 0 Å². The van der Waals surface area contributed by atoms with E-state index in [0.717, 1.165) is 25.7 Å². The first-order valence-electron chi connectivity index (χ1n) is 9.56. The lowest BCUT2D eigenvalue weighted by molar-refractivity contribution is 0.0933. The second kappa shape index (κ2) is 10.2. The van der Waals surface area contributed by atoms with E-state index in [1.54, 1.807) is 36.4 Å². The van der Waals surface area contributed by atoms with Crippen LogP contribution in [-0.2, 0) is 0 Å². The standard InChI is InChI=1S/C21H22Cl3N3O2/c22-16-10-8-15(12-18(16)24)26-21(29)27-19-11-13(7-9-17(19)23)20(28)25-14-5-3-1-2-4-6-14/h7-12,14H,1-6H2,(H,25,28)(H2,26,27,29). The summed E-state index contributed by atoms with van der Waals surface area (Å²) in [5.74, 6) is -0.165. The average Bonchev–Trinajstić information content (AvgIpc) is 2.95. The Morgan fingerprint density at radius 1 is 0.793 bits per heavy atom. The van der Waals surface area contributed by atoms with E-state index in [-0.39, 0.29) is 11.9 Å². The molecule has 3 rings (SSSR count). The zero-order valence-electron chi connectivity index (χ0n) is 15.7. The molecule has 8 heteroatoms. The largest absolute Gasteiger partial charge is 0.349 e. The summed E-state index contributed by atoms with van der Waals surface area (Å²) in [5, 5.41) is 9.47. The number of carbonyl (C=O) groups is 2. The molecule has 0 atom stereocenters. The van der Waals surface area contributed by atoms with Gasteiger partial charge in [0.1, 0.15) is 0 Å². The van der Waals surface area contributed by atoms with Gasteiger partial charge in [0.25, 0.3) is 5.91 Å². The summed E-state index contributed by atoms with van der Waals surface area (Å²) in [6.07, 6.45) is 6.69. The van der Waals surface area contributed by atoms with Crippen LogP contribution in [0.3, 0.4) is 0 Å². The summed E-state index contributed by atoms with van der Waals surface area (Å²) in [5.41, 5.74) is 1.27. The van der Waals surface area contributed by atoms with Gasteiger partial charge in [-0.1, -0.05) is 60.5 Å². The third kappa shape index (κ3) is 6.26. The molecule has 154 valence electrons. The molecule has 1 saturated carbocycles. The molecule has 1 aliphatic carbocycles. The first-order valence-corrected chi connectivity index (χ1v) is 10.7. The summed E-state index contributed by atoms with van der Waals surface area (Å²) < 4.78 is 0. The zero-order chi connectivity index (χ0) is 20.8. The lowest BCUT2D eigenvalue weighted by atomic mass is 10.1. The van der Waals surface area contributed by atoms with Crippen molar-refractivity contribution in [3.05, 3.63) is 57.0 Å². The van der Waals surface area contributed by atoms with E-state index >= 15 is 0 Å². The molecule has 2 aromatic rings. The number of hydrogen-bond donors (Lipinski definition) is 3. The van der Waals surface area contributed by atoms with Crippen LogP contribution in [0.25, 0.3) is 0 Å². The predicted molar refractivity (Wildman–Crippen MR) is 120 cm³/mol. The molecule has 2 aromatic carbocycles. The maximum absolute atomic E-state index is 12.6. The molecule has 0 unspecified atom stereocenters. The Bertz CT molecular complexity index is 897. The van der Waals surface area contributed by atoms with E-state index in [1.165, 1.54) is 12.8 Å². The Hall–Kier alpha value is -1.95. The van der Waals surface area contributed by atoms with Gasteiger partial charge in [0.05, 0.1) is 20.8 Å². The molecule has 0 bridgehead atoms. The lowest BCUT2D eigenvalue weighted by Crippen LogP contribution is -2.34. The van der Waals surface area contributed by atoms with Crippen molar-refractivity contribution >= 4 is 58.1 Å². The van der Waals surface area contributed by atoms with E-state index in [1.807, 2.05) is 0 Å². The van der Waals surface area contributed by atoms with Gasteiger partial charge in [-0.2, -0.15) is 0 Å². The van der Waals surface area contributed by atoms with Gasteiger partial charge in [0.15, 0.2) is 0 Å². The fraction of sp³-hybridized carbons (Fsp3) is 0.333. The summed E-state index contributed by atoms with van der Waals surface area (Å²) in [4.78, 5) is 24.9. The minimum atomic E-state index is -0.508. The smallest absolute Gasteiger partial charge is 0.323 e. The van der Waals surface area contributed by atoms with Gasteiger partial charge in [-0.25, -0.2) is 4.79 Å². The third-order valence-electron chi connectivity index (χ3n) is 4.84. The minimum absolute atomic E-state index is 0.165. The molecule has 0 aromatic heterocycles. The van der Waals surface area contributed by atoms with Crippen molar-refractivity contribution in [2.24, 2.45) is 0 Å². The van der Waals surface area contributed by atoms with E-state index in [2.05, 4.69) is 16.0 Å². The minimum Gasteiger partial charge on any atom is -0.349 e. The van der Waals surface area contributed by atoms with Crippen molar-refractivity contribution in [3.8, 4) is 0 Å². The number of nitrogens with one attached hydrogen (secondary N) is 3. The Labute approximate surface area is 185 Å². The Balaban J connectivity index is 1.65. The number of benzene rings is 2.